The lowest BCUT2D eigenvalue weighted by Gasteiger charge is -2.29. The van der Waals surface area contributed by atoms with Crippen molar-refractivity contribution in [1.29, 1.82) is 0 Å². The van der Waals surface area contributed by atoms with Gasteiger partial charge >= 0.3 is 0 Å². The average Bonchev–Trinajstić information content (AvgIpc) is 3.10. The summed E-state index contributed by atoms with van der Waals surface area (Å²) in [5.74, 6) is 0.417. The molecule has 27 heavy (non-hydrogen) atoms. The average molecular weight is 409 g/mol. The zero-order valence-corrected chi connectivity index (χ0v) is 17.7. The first kappa shape index (κ1) is 20.2. The summed E-state index contributed by atoms with van der Waals surface area (Å²) in [6.45, 7) is 5.94. The molecule has 2 aromatic heterocycles. The van der Waals surface area contributed by atoms with Crippen LogP contribution in [0.1, 0.15) is 45.2 Å². The molecular weight excluding hydrogens is 380 g/mol. The lowest BCUT2D eigenvalue weighted by molar-refractivity contribution is 0.337. The Bertz CT molecular complexity index is 856. The molecule has 0 bridgehead atoms. The van der Waals surface area contributed by atoms with Gasteiger partial charge in [0.2, 0.25) is 10.0 Å². The number of rotatable bonds is 7. The van der Waals surface area contributed by atoms with Crippen LogP contribution in [0.4, 0.5) is 5.13 Å². The van der Waals surface area contributed by atoms with Gasteiger partial charge in [-0.2, -0.15) is 0 Å². The van der Waals surface area contributed by atoms with Crippen LogP contribution in [-0.2, 0) is 10.0 Å². The zero-order chi connectivity index (χ0) is 19.4. The van der Waals surface area contributed by atoms with E-state index in [4.69, 9.17) is 0 Å². The molecule has 2 N–H and O–H groups in total. The molecule has 0 unspecified atom stereocenters. The molecule has 3 rings (SSSR count). The molecule has 1 fully saturated rings. The van der Waals surface area contributed by atoms with Crippen molar-refractivity contribution < 1.29 is 8.42 Å². The summed E-state index contributed by atoms with van der Waals surface area (Å²) >= 11 is 1.61. The van der Waals surface area contributed by atoms with Gasteiger partial charge in [-0.15, -0.1) is 11.3 Å². The second-order valence-corrected chi connectivity index (χ2v) is 10.7. The maximum atomic E-state index is 11.9. The van der Waals surface area contributed by atoms with E-state index in [1.54, 1.807) is 25.2 Å². The number of anilines is 1. The Kier molecular flexibility index (Phi) is 6.49. The normalized spacial score (nSPS) is 20.7. The van der Waals surface area contributed by atoms with E-state index in [0.29, 0.717) is 18.5 Å². The largest absolute Gasteiger partial charge is 0.359 e. The lowest BCUT2D eigenvalue weighted by atomic mass is 9.86. The molecule has 1 aliphatic rings. The Hall–Kier alpha value is -1.51. The Balaban J connectivity index is 1.49. The summed E-state index contributed by atoms with van der Waals surface area (Å²) in [7, 11) is -3.17. The van der Waals surface area contributed by atoms with Crippen LogP contribution in [0.3, 0.4) is 0 Å². The molecule has 6 nitrogen and oxygen atoms in total. The zero-order valence-electron chi connectivity index (χ0n) is 16.1. The predicted molar refractivity (Wildman–Crippen MR) is 112 cm³/mol. The minimum atomic E-state index is -3.17. The van der Waals surface area contributed by atoms with Crippen LogP contribution < -0.4 is 10.0 Å². The molecule has 0 atom stereocenters. The summed E-state index contributed by atoms with van der Waals surface area (Å²) in [5.41, 5.74) is 2.80. The second-order valence-electron chi connectivity index (χ2n) is 7.51. The summed E-state index contributed by atoms with van der Waals surface area (Å²) in [5, 5.41) is 6.13. The molecule has 148 valence electrons. The molecule has 0 aromatic carbocycles. The third kappa shape index (κ3) is 5.49. The van der Waals surface area contributed by atoms with Crippen molar-refractivity contribution in [2.75, 3.05) is 11.9 Å². The molecule has 0 amide bonds. The fourth-order valence-electron chi connectivity index (χ4n) is 3.23. The summed E-state index contributed by atoms with van der Waals surface area (Å²) in [6, 6.07) is 6.36. The van der Waals surface area contributed by atoms with Crippen LogP contribution >= 0.6 is 11.3 Å². The summed E-state index contributed by atoms with van der Waals surface area (Å²) in [6.07, 6.45) is 4.11. The third-order valence-electron chi connectivity index (χ3n) is 5.02. The fraction of sp³-hybridized carbons (Fsp3) is 0.579. The maximum absolute atomic E-state index is 11.9. The lowest BCUT2D eigenvalue weighted by Crippen LogP contribution is -2.37. The Morgan fingerprint density at radius 1 is 1.15 bits per heavy atom. The number of aryl methyl sites for hydroxylation is 1. The van der Waals surface area contributed by atoms with Crippen LogP contribution in [0, 0.1) is 12.8 Å². The van der Waals surface area contributed by atoms with Gasteiger partial charge in [0, 0.05) is 23.7 Å². The highest BCUT2D eigenvalue weighted by Crippen LogP contribution is 2.29. The predicted octanol–water partition coefficient (Wildman–Crippen LogP) is 3.81. The van der Waals surface area contributed by atoms with Crippen molar-refractivity contribution in [3.05, 3.63) is 29.3 Å². The van der Waals surface area contributed by atoms with E-state index in [-0.39, 0.29) is 5.25 Å². The number of pyridine rings is 1. The highest BCUT2D eigenvalue weighted by molar-refractivity contribution is 7.90. The van der Waals surface area contributed by atoms with Gasteiger partial charge in [-0.05, 0) is 64.5 Å². The molecule has 0 spiro atoms. The molecule has 2 aromatic rings. The van der Waals surface area contributed by atoms with E-state index in [1.165, 1.54) is 0 Å². The van der Waals surface area contributed by atoms with Crippen molar-refractivity contribution in [1.82, 2.24) is 14.7 Å². The number of thiazole rings is 1. The Morgan fingerprint density at radius 2 is 1.89 bits per heavy atom. The van der Waals surface area contributed by atoms with Crippen molar-refractivity contribution >= 4 is 26.5 Å². The van der Waals surface area contributed by atoms with E-state index >= 15 is 0 Å². The second kappa shape index (κ2) is 8.67. The topological polar surface area (TPSA) is 84.0 Å². The van der Waals surface area contributed by atoms with Gasteiger partial charge in [0.25, 0.3) is 0 Å². The van der Waals surface area contributed by atoms with Crippen molar-refractivity contribution in [3.63, 3.8) is 0 Å². The molecule has 1 saturated carbocycles. The number of sulfonamides is 1. The number of nitrogens with zero attached hydrogens (tertiary/aromatic N) is 2. The van der Waals surface area contributed by atoms with Crippen molar-refractivity contribution in [3.8, 4) is 11.4 Å². The Labute approximate surface area is 165 Å². The maximum Gasteiger partial charge on any atom is 0.213 e. The molecule has 0 saturated heterocycles. The fourth-order valence-corrected chi connectivity index (χ4v) is 4.81. The van der Waals surface area contributed by atoms with Gasteiger partial charge < -0.3 is 5.32 Å². The van der Waals surface area contributed by atoms with Gasteiger partial charge in [0.15, 0.2) is 5.13 Å². The molecule has 1 aliphatic carbocycles. The van der Waals surface area contributed by atoms with Crippen molar-refractivity contribution in [2.24, 2.45) is 5.92 Å². The quantitative estimate of drug-likeness (QED) is 0.728. The van der Waals surface area contributed by atoms with E-state index < -0.39 is 10.0 Å². The SMILES string of the molecule is Cc1cccc(-c2csc(N[C@H]3CC[C@H](CNS(=O)(=O)C(C)C)CC3)n2)n1. The Morgan fingerprint density at radius 3 is 2.56 bits per heavy atom. The first-order valence-electron chi connectivity index (χ1n) is 9.48. The number of hydrogen-bond donors (Lipinski definition) is 2. The first-order valence-corrected chi connectivity index (χ1v) is 11.9. The van der Waals surface area contributed by atoms with Gasteiger partial charge in [-0.1, -0.05) is 6.07 Å². The number of hydrogen-bond acceptors (Lipinski definition) is 6. The first-order chi connectivity index (χ1) is 12.8. The number of nitrogens with one attached hydrogen (secondary N) is 2. The minimum absolute atomic E-state index is 0.377. The smallest absolute Gasteiger partial charge is 0.213 e. The van der Waals surface area contributed by atoms with Gasteiger partial charge in [-0.25, -0.2) is 18.1 Å². The third-order valence-corrected chi connectivity index (χ3v) is 7.61. The van der Waals surface area contributed by atoms with Crippen LogP contribution in [0.15, 0.2) is 23.6 Å². The minimum Gasteiger partial charge on any atom is -0.359 e. The van der Waals surface area contributed by atoms with E-state index in [2.05, 4.69) is 20.0 Å². The van der Waals surface area contributed by atoms with Gasteiger partial charge in [-0.3, -0.25) is 4.98 Å². The van der Waals surface area contributed by atoms with E-state index in [1.807, 2.05) is 30.5 Å². The van der Waals surface area contributed by atoms with Crippen LogP contribution in [0.25, 0.3) is 11.4 Å². The standard InChI is InChI=1S/C19H28N4O2S2/c1-13(2)27(24,25)20-11-15-7-9-16(10-8-15)22-19-23-18(12-26-19)17-6-4-5-14(3)21-17/h4-6,12-13,15-16,20H,7-11H2,1-3H3,(H,22,23)/t15-,16-. The summed E-state index contributed by atoms with van der Waals surface area (Å²) < 4.78 is 26.5. The molecule has 0 radical (unpaired) electrons. The molecule has 0 aliphatic heterocycles. The molecular formula is C19H28N4O2S2. The van der Waals surface area contributed by atoms with Crippen LogP contribution in [0.5, 0.6) is 0 Å². The van der Waals surface area contributed by atoms with Crippen molar-refractivity contribution in [2.45, 2.75) is 57.7 Å². The highest BCUT2D eigenvalue weighted by atomic mass is 32.2. The van der Waals surface area contributed by atoms with Crippen LogP contribution in [0.2, 0.25) is 0 Å². The molecule has 2 heterocycles. The number of aromatic nitrogens is 2. The van der Waals surface area contributed by atoms with Gasteiger partial charge in [0.1, 0.15) is 5.69 Å². The van der Waals surface area contributed by atoms with Crippen LogP contribution in [-0.4, -0.2) is 36.2 Å². The monoisotopic (exact) mass is 408 g/mol. The van der Waals surface area contributed by atoms with E-state index in [0.717, 1.165) is 47.9 Å². The highest BCUT2D eigenvalue weighted by Gasteiger charge is 2.24. The summed E-state index contributed by atoms with van der Waals surface area (Å²) in [4.78, 5) is 9.20. The molecule has 8 heteroatoms. The van der Waals surface area contributed by atoms with E-state index in [9.17, 15) is 8.42 Å². The van der Waals surface area contributed by atoms with Gasteiger partial charge in [0.05, 0.1) is 10.9 Å².